The minimum absolute atomic E-state index is 0.0208. The highest BCUT2D eigenvalue weighted by Gasteiger charge is 2.16. The summed E-state index contributed by atoms with van der Waals surface area (Å²) in [5.74, 6) is 0.672. The van der Waals surface area contributed by atoms with Crippen molar-refractivity contribution in [3.63, 3.8) is 0 Å². The summed E-state index contributed by atoms with van der Waals surface area (Å²) < 4.78 is 1.93. The van der Waals surface area contributed by atoms with Gasteiger partial charge in [0.2, 0.25) is 0 Å². The van der Waals surface area contributed by atoms with Crippen LogP contribution >= 0.6 is 0 Å². The van der Waals surface area contributed by atoms with Crippen molar-refractivity contribution in [2.75, 3.05) is 0 Å². The van der Waals surface area contributed by atoms with Gasteiger partial charge in [-0.05, 0) is 12.8 Å². The van der Waals surface area contributed by atoms with Crippen LogP contribution in [0.15, 0.2) is 0 Å². The molecule has 5 nitrogen and oxygen atoms in total. The van der Waals surface area contributed by atoms with Crippen molar-refractivity contribution in [1.82, 2.24) is 14.8 Å². The average molecular weight is 181 g/mol. The number of carboxylic acids is 1. The molecule has 0 aromatic carbocycles. The smallest absolute Gasteiger partial charge is 0.311 e. The van der Waals surface area contributed by atoms with Gasteiger partial charge in [-0.3, -0.25) is 4.79 Å². The van der Waals surface area contributed by atoms with E-state index in [1.54, 1.807) is 0 Å². The van der Waals surface area contributed by atoms with E-state index in [1.165, 1.54) is 0 Å². The van der Waals surface area contributed by atoms with Crippen LogP contribution < -0.4 is 0 Å². The summed E-state index contributed by atoms with van der Waals surface area (Å²) in [5.41, 5.74) is 0. The number of nitrogens with zero attached hydrogens (tertiary/aromatic N) is 3. The maximum Gasteiger partial charge on any atom is 0.311 e. The van der Waals surface area contributed by atoms with Crippen LogP contribution in [-0.4, -0.2) is 25.8 Å². The van der Waals surface area contributed by atoms with Crippen molar-refractivity contribution in [2.45, 2.75) is 32.2 Å². The van der Waals surface area contributed by atoms with Gasteiger partial charge in [0.25, 0.3) is 0 Å². The number of hydrogen-bond acceptors (Lipinski definition) is 3. The molecule has 13 heavy (non-hydrogen) atoms. The van der Waals surface area contributed by atoms with Crippen LogP contribution in [0.5, 0.6) is 0 Å². The van der Waals surface area contributed by atoms with E-state index >= 15 is 0 Å². The zero-order chi connectivity index (χ0) is 9.26. The third kappa shape index (κ3) is 1.54. The maximum atomic E-state index is 10.5. The third-order valence-corrected chi connectivity index (χ3v) is 2.25. The molecule has 0 unspecified atom stereocenters. The number of aliphatic carboxylic acids is 1. The molecule has 0 aliphatic carbocycles. The van der Waals surface area contributed by atoms with E-state index in [9.17, 15) is 4.79 Å². The molecule has 1 aliphatic heterocycles. The molecule has 5 heteroatoms. The summed E-state index contributed by atoms with van der Waals surface area (Å²) in [6.07, 6.45) is 3.13. The van der Waals surface area contributed by atoms with E-state index in [4.69, 9.17) is 5.11 Å². The van der Waals surface area contributed by atoms with Gasteiger partial charge in [0.15, 0.2) is 0 Å². The first-order valence-corrected chi connectivity index (χ1v) is 4.40. The molecule has 2 rings (SSSR count). The van der Waals surface area contributed by atoms with Gasteiger partial charge >= 0.3 is 5.97 Å². The highest BCUT2D eigenvalue weighted by atomic mass is 16.4. The van der Waals surface area contributed by atoms with Gasteiger partial charge in [-0.2, -0.15) is 0 Å². The van der Waals surface area contributed by atoms with Gasteiger partial charge in [-0.25, -0.2) is 0 Å². The average Bonchev–Trinajstić information content (AvgIpc) is 2.48. The minimum atomic E-state index is -0.847. The minimum Gasteiger partial charge on any atom is -0.481 e. The quantitative estimate of drug-likeness (QED) is 0.709. The largest absolute Gasteiger partial charge is 0.481 e. The number of carbonyl (C=O) groups is 1. The molecule has 70 valence electrons. The lowest BCUT2D eigenvalue weighted by atomic mass is 10.1. The van der Waals surface area contributed by atoms with Crippen LogP contribution in [0.1, 0.15) is 24.5 Å². The number of aryl methyl sites for hydroxylation is 1. The van der Waals surface area contributed by atoms with Crippen molar-refractivity contribution < 1.29 is 9.90 Å². The van der Waals surface area contributed by atoms with E-state index in [1.807, 2.05) is 4.57 Å². The molecule has 0 saturated heterocycles. The van der Waals surface area contributed by atoms with Crippen LogP contribution in [0.25, 0.3) is 0 Å². The number of fused-ring (bicyclic) bond motifs is 1. The molecular weight excluding hydrogens is 170 g/mol. The Morgan fingerprint density at radius 3 is 3.08 bits per heavy atom. The SMILES string of the molecule is O=C(O)Cc1nnc2n1CCCC2. The van der Waals surface area contributed by atoms with Crippen LogP contribution in [0.4, 0.5) is 0 Å². The number of carboxylic acid groups (broad SMARTS) is 1. The number of aromatic nitrogens is 3. The van der Waals surface area contributed by atoms with Crippen LogP contribution in [-0.2, 0) is 24.2 Å². The molecule has 0 spiro atoms. The van der Waals surface area contributed by atoms with Gasteiger partial charge in [0.05, 0.1) is 0 Å². The Labute approximate surface area is 75.4 Å². The first-order chi connectivity index (χ1) is 6.27. The van der Waals surface area contributed by atoms with E-state index in [0.29, 0.717) is 5.82 Å². The standard InChI is InChI=1S/C8H11N3O2/c12-8(13)5-7-10-9-6-3-1-2-4-11(6)7/h1-5H2,(H,12,13). The monoisotopic (exact) mass is 181 g/mol. The Kier molecular flexibility index (Phi) is 2.00. The van der Waals surface area contributed by atoms with Crippen molar-refractivity contribution in [2.24, 2.45) is 0 Å². The summed E-state index contributed by atoms with van der Waals surface area (Å²) in [7, 11) is 0. The summed E-state index contributed by atoms with van der Waals surface area (Å²) >= 11 is 0. The molecule has 2 heterocycles. The normalized spacial score (nSPS) is 15.4. The Bertz CT molecular complexity index is 332. The summed E-state index contributed by atoms with van der Waals surface area (Å²) in [6.45, 7) is 0.866. The van der Waals surface area contributed by atoms with Crippen molar-refractivity contribution in [3.8, 4) is 0 Å². The van der Waals surface area contributed by atoms with Gasteiger partial charge in [0, 0.05) is 13.0 Å². The van der Waals surface area contributed by atoms with Crippen LogP contribution in [0.2, 0.25) is 0 Å². The topological polar surface area (TPSA) is 68.0 Å². The summed E-state index contributed by atoms with van der Waals surface area (Å²) in [5, 5.41) is 16.4. The molecule has 1 N–H and O–H groups in total. The Morgan fingerprint density at radius 2 is 2.31 bits per heavy atom. The fraction of sp³-hybridized carbons (Fsp3) is 0.625. The predicted molar refractivity (Wildman–Crippen MR) is 44.3 cm³/mol. The lowest BCUT2D eigenvalue weighted by Crippen LogP contribution is -2.15. The second-order valence-corrected chi connectivity index (χ2v) is 3.21. The molecular formula is C8H11N3O2. The molecule has 0 bridgehead atoms. The van der Waals surface area contributed by atoms with Gasteiger partial charge in [-0.15, -0.1) is 10.2 Å². The lowest BCUT2D eigenvalue weighted by molar-refractivity contribution is -0.136. The van der Waals surface area contributed by atoms with E-state index < -0.39 is 5.97 Å². The van der Waals surface area contributed by atoms with Crippen LogP contribution in [0, 0.1) is 0 Å². The van der Waals surface area contributed by atoms with E-state index in [2.05, 4.69) is 10.2 Å². The van der Waals surface area contributed by atoms with Crippen molar-refractivity contribution in [3.05, 3.63) is 11.6 Å². The zero-order valence-corrected chi connectivity index (χ0v) is 7.23. The third-order valence-electron chi connectivity index (χ3n) is 2.25. The highest BCUT2D eigenvalue weighted by molar-refractivity contribution is 5.69. The Morgan fingerprint density at radius 1 is 1.46 bits per heavy atom. The number of hydrogen-bond donors (Lipinski definition) is 1. The molecule has 0 amide bonds. The second-order valence-electron chi connectivity index (χ2n) is 3.21. The first-order valence-electron chi connectivity index (χ1n) is 4.40. The summed E-state index contributed by atoms with van der Waals surface area (Å²) in [6, 6.07) is 0. The predicted octanol–water partition coefficient (Wildman–Crippen LogP) is 0.241. The number of rotatable bonds is 2. The van der Waals surface area contributed by atoms with Crippen LogP contribution in [0.3, 0.4) is 0 Å². The second kappa shape index (κ2) is 3.16. The molecule has 1 aromatic heterocycles. The van der Waals surface area contributed by atoms with Gasteiger partial charge < -0.3 is 9.67 Å². The molecule has 1 aromatic rings. The van der Waals surface area contributed by atoms with E-state index in [0.717, 1.165) is 31.6 Å². The molecule has 0 fully saturated rings. The van der Waals surface area contributed by atoms with Gasteiger partial charge in [-0.1, -0.05) is 0 Å². The molecule has 0 atom stereocenters. The fourth-order valence-corrected chi connectivity index (χ4v) is 1.63. The molecule has 0 radical (unpaired) electrons. The maximum absolute atomic E-state index is 10.5. The zero-order valence-electron chi connectivity index (χ0n) is 7.23. The first kappa shape index (κ1) is 8.22. The Hall–Kier alpha value is -1.39. The summed E-state index contributed by atoms with van der Waals surface area (Å²) in [4.78, 5) is 10.5. The van der Waals surface area contributed by atoms with Gasteiger partial charge in [0.1, 0.15) is 18.1 Å². The van der Waals surface area contributed by atoms with Crippen molar-refractivity contribution >= 4 is 5.97 Å². The molecule has 1 aliphatic rings. The van der Waals surface area contributed by atoms with Crippen molar-refractivity contribution in [1.29, 1.82) is 0 Å². The molecule has 0 saturated carbocycles. The highest BCUT2D eigenvalue weighted by Crippen LogP contribution is 2.14. The van der Waals surface area contributed by atoms with E-state index in [-0.39, 0.29) is 6.42 Å². The Balaban J connectivity index is 2.26. The lowest BCUT2D eigenvalue weighted by Gasteiger charge is -2.13. The fourth-order valence-electron chi connectivity index (χ4n) is 1.63.